The highest BCUT2D eigenvalue weighted by Gasteiger charge is 2.33. The first-order valence-corrected chi connectivity index (χ1v) is 10.3. The lowest BCUT2D eigenvalue weighted by Gasteiger charge is -2.12. The number of nitrogens with two attached hydrogens (primary N) is 1. The van der Waals surface area contributed by atoms with Crippen LogP contribution in [0.2, 0.25) is 5.02 Å². The lowest BCUT2D eigenvalue weighted by Crippen LogP contribution is -2.13. The minimum atomic E-state index is -4.63. The number of carbonyl (C=O) groups excluding carboxylic acids is 1. The Hall–Kier alpha value is -3.17. The number of hydrogen-bond donors (Lipinski definition) is 2. The van der Waals surface area contributed by atoms with Crippen molar-refractivity contribution in [3.8, 4) is 11.1 Å². The lowest BCUT2D eigenvalue weighted by atomic mass is 10.0. The molecule has 10 heteroatoms. The van der Waals surface area contributed by atoms with Crippen molar-refractivity contribution < 1.29 is 18.0 Å². The molecule has 1 aromatic heterocycles. The summed E-state index contributed by atoms with van der Waals surface area (Å²) >= 11 is 9.02. The second kappa shape index (κ2) is 8.40. The van der Waals surface area contributed by atoms with Crippen molar-refractivity contribution in [2.24, 2.45) is 0 Å². The standard InChI is InChI=1S/C22H13BrClF3N4O/c23-15-7-12(11-1-4-19-14(5-11)10-29-21(28)31-19)6-13(8-15)20(32)30-16-2-3-18(24)17(9-16)22(25,26)27/h1-10H,(H,30,32)(H2,28,29,31). The van der Waals surface area contributed by atoms with Crippen LogP contribution in [-0.2, 0) is 6.18 Å². The minimum absolute atomic E-state index is 0.0197. The fourth-order valence-electron chi connectivity index (χ4n) is 3.14. The summed E-state index contributed by atoms with van der Waals surface area (Å²) in [5.41, 5.74) is 7.02. The van der Waals surface area contributed by atoms with E-state index in [1.165, 1.54) is 6.07 Å². The van der Waals surface area contributed by atoms with Crippen molar-refractivity contribution in [1.82, 2.24) is 9.97 Å². The summed E-state index contributed by atoms with van der Waals surface area (Å²) in [7, 11) is 0. The molecule has 0 unspecified atom stereocenters. The summed E-state index contributed by atoms with van der Waals surface area (Å²) in [6.45, 7) is 0. The van der Waals surface area contributed by atoms with Gasteiger partial charge in [-0.05, 0) is 59.7 Å². The van der Waals surface area contributed by atoms with E-state index >= 15 is 0 Å². The number of aromatic nitrogens is 2. The zero-order chi connectivity index (χ0) is 23.0. The highest BCUT2D eigenvalue weighted by molar-refractivity contribution is 9.10. The molecule has 0 aliphatic heterocycles. The van der Waals surface area contributed by atoms with E-state index in [4.69, 9.17) is 17.3 Å². The van der Waals surface area contributed by atoms with E-state index in [-0.39, 0.29) is 17.2 Å². The SMILES string of the molecule is Nc1ncc2cc(-c3cc(Br)cc(C(=O)Nc4ccc(Cl)c(C(F)(F)F)c4)c3)ccc2n1. The summed E-state index contributed by atoms with van der Waals surface area (Å²) < 4.78 is 39.9. The second-order valence-electron chi connectivity index (χ2n) is 6.88. The third-order valence-electron chi connectivity index (χ3n) is 4.62. The molecule has 0 aliphatic carbocycles. The van der Waals surface area contributed by atoms with Crippen LogP contribution in [-0.4, -0.2) is 15.9 Å². The normalized spacial score (nSPS) is 11.5. The van der Waals surface area contributed by atoms with Gasteiger partial charge < -0.3 is 11.1 Å². The van der Waals surface area contributed by atoms with E-state index in [2.05, 4.69) is 31.2 Å². The fraction of sp³-hybridized carbons (Fsp3) is 0.0455. The van der Waals surface area contributed by atoms with Crippen molar-refractivity contribution in [2.75, 3.05) is 11.1 Å². The number of anilines is 2. The summed E-state index contributed by atoms with van der Waals surface area (Å²) in [5, 5.41) is 2.81. The molecule has 0 atom stereocenters. The maximum atomic E-state index is 13.1. The molecular formula is C22H13BrClF3N4O. The van der Waals surface area contributed by atoms with E-state index in [1.807, 2.05) is 18.2 Å². The Morgan fingerprint density at radius 3 is 2.56 bits per heavy atom. The Morgan fingerprint density at radius 2 is 1.81 bits per heavy atom. The van der Waals surface area contributed by atoms with Crippen LogP contribution >= 0.6 is 27.5 Å². The van der Waals surface area contributed by atoms with Crippen LogP contribution < -0.4 is 11.1 Å². The molecule has 3 N–H and O–H groups in total. The number of hydrogen-bond acceptors (Lipinski definition) is 4. The Kier molecular flexibility index (Phi) is 5.79. The van der Waals surface area contributed by atoms with Crippen molar-refractivity contribution in [3.05, 3.63) is 81.4 Å². The van der Waals surface area contributed by atoms with Crippen molar-refractivity contribution >= 4 is 56.0 Å². The van der Waals surface area contributed by atoms with Gasteiger partial charge in [-0.15, -0.1) is 0 Å². The number of halogens is 5. The number of alkyl halides is 3. The fourth-order valence-corrected chi connectivity index (χ4v) is 3.86. The summed E-state index contributed by atoms with van der Waals surface area (Å²) in [6, 6.07) is 13.7. The van der Waals surface area contributed by atoms with Gasteiger partial charge in [-0.25, -0.2) is 9.97 Å². The van der Waals surface area contributed by atoms with Crippen LogP contribution in [0.25, 0.3) is 22.0 Å². The molecule has 0 saturated carbocycles. The lowest BCUT2D eigenvalue weighted by molar-refractivity contribution is -0.137. The zero-order valence-electron chi connectivity index (χ0n) is 16.0. The molecular weight excluding hydrogens is 509 g/mol. The second-order valence-corrected chi connectivity index (χ2v) is 8.20. The number of nitrogen functional groups attached to an aromatic ring is 1. The average Bonchev–Trinajstić information content (AvgIpc) is 2.73. The summed E-state index contributed by atoms with van der Waals surface area (Å²) in [4.78, 5) is 20.9. The maximum absolute atomic E-state index is 13.1. The van der Waals surface area contributed by atoms with Gasteiger partial charge in [0, 0.05) is 27.3 Å². The van der Waals surface area contributed by atoms with Crippen molar-refractivity contribution in [1.29, 1.82) is 0 Å². The summed E-state index contributed by atoms with van der Waals surface area (Å²) in [6.07, 6.45) is -3.03. The quantitative estimate of drug-likeness (QED) is 0.320. The number of benzene rings is 3. The molecule has 4 aromatic rings. The Bertz CT molecular complexity index is 1360. The maximum Gasteiger partial charge on any atom is 0.417 e. The number of nitrogens with one attached hydrogen (secondary N) is 1. The largest absolute Gasteiger partial charge is 0.417 e. The van der Waals surface area contributed by atoms with Gasteiger partial charge in [-0.2, -0.15) is 13.2 Å². The van der Waals surface area contributed by atoms with Crippen LogP contribution in [0.15, 0.2) is 65.3 Å². The molecule has 0 bridgehead atoms. The van der Waals surface area contributed by atoms with Crippen molar-refractivity contribution in [2.45, 2.75) is 6.18 Å². The van der Waals surface area contributed by atoms with Gasteiger partial charge in [0.15, 0.2) is 0 Å². The molecule has 0 fully saturated rings. The zero-order valence-corrected chi connectivity index (χ0v) is 18.4. The molecule has 3 aromatic carbocycles. The smallest absolute Gasteiger partial charge is 0.368 e. The van der Waals surface area contributed by atoms with E-state index < -0.39 is 22.7 Å². The average molecular weight is 522 g/mol. The van der Waals surface area contributed by atoms with Gasteiger partial charge in [0.1, 0.15) is 0 Å². The molecule has 0 saturated heterocycles. The van der Waals surface area contributed by atoms with Crippen LogP contribution in [0.5, 0.6) is 0 Å². The molecule has 162 valence electrons. The topological polar surface area (TPSA) is 80.9 Å². The van der Waals surface area contributed by atoms with Crippen LogP contribution in [0.3, 0.4) is 0 Å². The molecule has 0 aliphatic rings. The van der Waals surface area contributed by atoms with E-state index in [0.717, 1.165) is 28.6 Å². The van der Waals surface area contributed by atoms with E-state index in [9.17, 15) is 18.0 Å². The Labute approximate surface area is 193 Å². The third kappa shape index (κ3) is 4.68. The molecule has 1 amide bonds. The van der Waals surface area contributed by atoms with Gasteiger partial charge in [0.2, 0.25) is 5.95 Å². The summed E-state index contributed by atoms with van der Waals surface area (Å²) in [5.74, 6) is -0.401. The minimum Gasteiger partial charge on any atom is -0.368 e. The van der Waals surface area contributed by atoms with Gasteiger partial charge in [-0.1, -0.05) is 33.6 Å². The van der Waals surface area contributed by atoms with Gasteiger partial charge in [0.05, 0.1) is 16.1 Å². The first-order chi connectivity index (χ1) is 15.1. The van der Waals surface area contributed by atoms with Gasteiger partial charge in [-0.3, -0.25) is 4.79 Å². The monoisotopic (exact) mass is 520 g/mol. The molecule has 0 spiro atoms. The third-order valence-corrected chi connectivity index (χ3v) is 5.41. The van der Waals surface area contributed by atoms with E-state index in [0.29, 0.717) is 9.99 Å². The number of rotatable bonds is 3. The van der Waals surface area contributed by atoms with Crippen LogP contribution in [0.4, 0.5) is 24.8 Å². The Morgan fingerprint density at radius 1 is 1.03 bits per heavy atom. The molecule has 32 heavy (non-hydrogen) atoms. The number of nitrogens with zero attached hydrogens (tertiary/aromatic N) is 2. The molecule has 5 nitrogen and oxygen atoms in total. The first kappa shape index (κ1) is 22.0. The van der Waals surface area contributed by atoms with Crippen LogP contribution in [0.1, 0.15) is 15.9 Å². The van der Waals surface area contributed by atoms with Crippen LogP contribution in [0, 0.1) is 0 Å². The van der Waals surface area contributed by atoms with Crippen molar-refractivity contribution in [3.63, 3.8) is 0 Å². The number of fused-ring (bicyclic) bond motifs is 1. The Balaban J connectivity index is 1.66. The predicted octanol–water partition coefficient (Wildman–Crippen LogP) is 6.57. The molecule has 0 radical (unpaired) electrons. The number of amides is 1. The first-order valence-electron chi connectivity index (χ1n) is 9.11. The molecule has 1 heterocycles. The highest BCUT2D eigenvalue weighted by atomic mass is 79.9. The predicted molar refractivity (Wildman–Crippen MR) is 121 cm³/mol. The molecule has 4 rings (SSSR count). The number of carbonyl (C=O) groups is 1. The van der Waals surface area contributed by atoms with Gasteiger partial charge >= 0.3 is 6.18 Å². The van der Waals surface area contributed by atoms with Gasteiger partial charge in [0.25, 0.3) is 5.91 Å². The highest BCUT2D eigenvalue weighted by Crippen LogP contribution is 2.36. The van der Waals surface area contributed by atoms with E-state index in [1.54, 1.807) is 24.4 Å².